The third-order valence-corrected chi connectivity index (χ3v) is 5.08. The van der Waals surface area contributed by atoms with Crippen molar-refractivity contribution in [3.05, 3.63) is 90.1 Å². The van der Waals surface area contributed by atoms with E-state index >= 15 is 0 Å². The standard InChI is InChI=1S/C23H20N4/c1-2-6-19-16(5-1)8-11-21(19)27-23-13-9-17-15-18(10-12-20(17)26-23)25-22-7-3-4-14-24-22/h1-7,9-10,12-15,21H,8,11H2,(H,24,25)(H,26,27)/t21-/m1/s1. The van der Waals surface area contributed by atoms with Crippen molar-refractivity contribution in [3.63, 3.8) is 0 Å². The van der Waals surface area contributed by atoms with E-state index in [-0.39, 0.29) is 0 Å². The van der Waals surface area contributed by atoms with Crippen LogP contribution < -0.4 is 10.6 Å². The number of hydrogen-bond donors (Lipinski definition) is 2. The van der Waals surface area contributed by atoms with E-state index in [0.717, 1.165) is 41.1 Å². The molecule has 0 amide bonds. The highest BCUT2D eigenvalue weighted by atomic mass is 15.0. The molecule has 0 radical (unpaired) electrons. The summed E-state index contributed by atoms with van der Waals surface area (Å²) < 4.78 is 0. The summed E-state index contributed by atoms with van der Waals surface area (Å²) in [5.74, 6) is 1.76. The SMILES string of the molecule is c1ccc(Nc2ccc3nc(N[C@@H]4CCc5ccccc54)ccc3c2)nc1. The molecule has 0 saturated heterocycles. The number of nitrogens with zero attached hydrogens (tertiary/aromatic N) is 2. The summed E-state index contributed by atoms with van der Waals surface area (Å²) in [6.45, 7) is 0. The van der Waals surface area contributed by atoms with Crippen molar-refractivity contribution in [1.82, 2.24) is 9.97 Å². The molecule has 5 rings (SSSR count). The summed E-state index contributed by atoms with van der Waals surface area (Å²) in [6, 6.07) is 25.2. The van der Waals surface area contributed by atoms with E-state index in [2.05, 4.69) is 58.1 Å². The van der Waals surface area contributed by atoms with Crippen LogP contribution in [0.3, 0.4) is 0 Å². The molecule has 2 N–H and O–H groups in total. The molecular weight excluding hydrogens is 332 g/mol. The fourth-order valence-electron chi connectivity index (χ4n) is 3.75. The maximum absolute atomic E-state index is 4.81. The van der Waals surface area contributed by atoms with Gasteiger partial charge in [0.1, 0.15) is 11.6 Å². The summed E-state index contributed by atoms with van der Waals surface area (Å²) >= 11 is 0. The van der Waals surface area contributed by atoms with Gasteiger partial charge in [-0.1, -0.05) is 30.3 Å². The van der Waals surface area contributed by atoms with Crippen LogP contribution in [-0.2, 0) is 6.42 Å². The van der Waals surface area contributed by atoms with Crippen LogP contribution in [0.5, 0.6) is 0 Å². The zero-order chi connectivity index (χ0) is 18.1. The fourth-order valence-corrected chi connectivity index (χ4v) is 3.75. The summed E-state index contributed by atoms with van der Waals surface area (Å²) in [5, 5.41) is 8.04. The first kappa shape index (κ1) is 15.8. The lowest BCUT2D eigenvalue weighted by Crippen LogP contribution is -2.08. The maximum Gasteiger partial charge on any atom is 0.130 e. The second-order valence-electron chi connectivity index (χ2n) is 6.88. The summed E-state index contributed by atoms with van der Waals surface area (Å²) in [4.78, 5) is 9.11. The zero-order valence-corrected chi connectivity index (χ0v) is 14.9. The molecule has 0 spiro atoms. The average molecular weight is 352 g/mol. The number of nitrogens with one attached hydrogen (secondary N) is 2. The van der Waals surface area contributed by atoms with Crippen molar-refractivity contribution < 1.29 is 0 Å². The number of pyridine rings is 2. The first-order valence-electron chi connectivity index (χ1n) is 9.28. The van der Waals surface area contributed by atoms with E-state index in [1.807, 2.05) is 30.3 Å². The first-order chi connectivity index (χ1) is 13.3. The van der Waals surface area contributed by atoms with Crippen LogP contribution in [0, 0.1) is 0 Å². The third-order valence-electron chi connectivity index (χ3n) is 5.08. The summed E-state index contributed by atoms with van der Waals surface area (Å²) in [7, 11) is 0. The van der Waals surface area contributed by atoms with E-state index in [9.17, 15) is 0 Å². The van der Waals surface area contributed by atoms with Crippen molar-refractivity contribution in [1.29, 1.82) is 0 Å². The van der Waals surface area contributed by atoms with Gasteiger partial charge in [-0.3, -0.25) is 0 Å². The van der Waals surface area contributed by atoms with Crippen molar-refractivity contribution >= 4 is 28.2 Å². The minimum absolute atomic E-state index is 0.344. The van der Waals surface area contributed by atoms with Crippen molar-refractivity contribution in [2.75, 3.05) is 10.6 Å². The predicted octanol–water partition coefficient (Wildman–Crippen LogP) is 5.47. The highest BCUT2D eigenvalue weighted by Crippen LogP contribution is 2.33. The van der Waals surface area contributed by atoms with Gasteiger partial charge in [0.2, 0.25) is 0 Å². The Balaban J connectivity index is 1.37. The molecule has 0 aliphatic heterocycles. The van der Waals surface area contributed by atoms with Gasteiger partial charge in [-0.05, 0) is 66.4 Å². The number of rotatable bonds is 4. The van der Waals surface area contributed by atoms with Gasteiger partial charge in [-0.2, -0.15) is 0 Å². The second kappa shape index (κ2) is 6.72. The highest BCUT2D eigenvalue weighted by Gasteiger charge is 2.21. The molecular formula is C23H20N4. The Morgan fingerprint density at radius 2 is 1.78 bits per heavy atom. The van der Waals surface area contributed by atoms with Crippen molar-refractivity contribution in [2.45, 2.75) is 18.9 Å². The summed E-state index contributed by atoms with van der Waals surface area (Å²) in [5.41, 5.74) is 4.83. The van der Waals surface area contributed by atoms with Gasteiger partial charge in [0, 0.05) is 17.3 Å². The molecule has 1 aliphatic rings. The highest BCUT2D eigenvalue weighted by molar-refractivity contribution is 5.84. The van der Waals surface area contributed by atoms with Gasteiger partial charge in [0.05, 0.1) is 11.6 Å². The molecule has 1 aliphatic carbocycles. The van der Waals surface area contributed by atoms with Gasteiger partial charge in [0.25, 0.3) is 0 Å². The van der Waals surface area contributed by atoms with E-state index in [1.165, 1.54) is 11.1 Å². The van der Waals surface area contributed by atoms with E-state index < -0.39 is 0 Å². The van der Waals surface area contributed by atoms with Crippen molar-refractivity contribution in [2.24, 2.45) is 0 Å². The van der Waals surface area contributed by atoms with Gasteiger partial charge in [0.15, 0.2) is 0 Å². The number of aromatic nitrogens is 2. The van der Waals surface area contributed by atoms with E-state index in [1.54, 1.807) is 6.20 Å². The Labute approximate surface area is 158 Å². The van der Waals surface area contributed by atoms with Gasteiger partial charge in [-0.25, -0.2) is 9.97 Å². The van der Waals surface area contributed by atoms with Crippen LogP contribution in [0.25, 0.3) is 10.9 Å². The minimum atomic E-state index is 0.344. The Morgan fingerprint density at radius 1 is 0.852 bits per heavy atom. The molecule has 1 atom stereocenters. The van der Waals surface area contributed by atoms with Crippen LogP contribution in [0.4, 0.5) is 17.3 Å². The molecule has 0 saturated carbocycles. The molecule has 27 heavy (non-hydrogen) atoms. The lowest BCUT2D eigenvalue weighted by atomic mass is 10.1. The average Bonchev–Trinajstić information content (AvgIpc) is 3.12. The van der Waals surface area contributed by atoms with E-state index in [0.29, 0.717) is 6.04 Å². The normalized spacial score (nSPS) is 15.5. The minimum Gasteiger partial charge on any atom is -0.363 e. The van der Waals surface area contributed by atoms with Crippen LogP contribution >= 0.6 is 0 Å². The monoisotopic (exact) mass is 352 g/mol. The Hall–Kier alpha value is -3.40. The molecule has 4 aromatic rings. The number of anilines is 3. The van der Waals surface area contributed by atoms with Gasteiger partial charge < -0.3 is 10.6 Å². The summed E-state index contributed by atoms with van der Waals surface area (Å²) in [6.07, 6.45) is 4.03. The number of fused-ring (bicyclic) bond motifs is 2. The fraction of sp³-hybridized carbons (Fsp3) is 0.130. The first-order valence-corrected chi connectivity index (χ1v) is 9.28. The topological polar surface area (TPSA) is 49.8 Å². The molecule has 4 heteroatoms. The van der Waals surface area contributed by atoms with E-state index in [4.69, 9.17) is 4.98 Å². The number of aryl methyl sites for hydroxylation is 1. The number of hydrogen-bond acceptors (Lipinski definition) is 4. The molecule has 2 heterocycles. The van der Waals surface area contributed by atoms with Gasteiger partial charge >= 0.3 is 0 Å². The van der Waals surface area contributed by atoms with Crippen molar-refractivity contribution in [3.8, 4) is 0 Å². The molecule has 0 unspecified atom stereocenters. The van der Waals surface area contributed by atoms with Crippen LogP contribution in [0.2, 0.25) is 0 Å². The molecule has 0 bridgehead atoms. The molecule has 132 valence electrons. The van der Waals surface area contributed by atoms with Crippen LogP contribution in [-0.4, -0.2) is 9.97 Å². The molecule has 0 fully saturated rings. The maximum atomic E-state index is 4.81. The second-order valence-corrected chi connectivity index (χ2v) is 6.88. The molecule has 4 nitrogen and oxygen atoms in total. The largest absolute Gasteiger partial charge is 0.363 e. The van der Waals surface area contributed by atoms with Gasteiger partial charge in [-0.15, -0.1) is 0 Å². The Bertz CT molecular complexity index is 1090. The van der Waals surface area contributed by atoms with Crippen LogP contribution in [0.15, 0.2) is 79.0 Å². The zero-order valence-electron chi connectivity index (χ0n) is 14.9. The Morgan fingerprint density at radius 3 is 2.70 bits per heavy atom. The lowest BCUT2D eigenvalue weighted by Gasteiger charge is -2.15. The lowest BCUT2D eigenvalue weighted by molar-refractivity contribution is 0.758. The smallest absolute Gasteiger partial charge is 0.130 e. The molecule has 2 aromatic heterocycles. The Kier molecular flexibility index (Phi) is 3.94. The quantitative estimate of drug-likeness (QED) is 0.511. The third kappa shape index (κ3) is 3.22. The molecule has 2 aromatic carbocycles. The van der Waals surface area contributed by atoms with Crippen LogP contribution in [0.1, 0.15) is 23.6 Å². The number of benzene rings is 2. The predicted molar refractivity (Wildman–Crippen MR) is 110 cm³/mol.